The molecule has 1 aromatic carbocycles. The van der Waals surface area contributed by atoms with Crippen LogP contribution in [0.3, 0.4) is 0 Å². The van der Waals surface area contributed by atoms with Gasteiger partial charge in [-0.2, -0.15) is 0 Å². The third-order valence-corrected chi connectivity index (χ3v) is 1.75. The highest BCUT2D eigenvalue weighted by molar-refractivity contribution is 6.07. The molecule has 0 saturated heterocycles. The van der Waals surface area contributed by atoms with E-state index in [4.69, 9.17) is 10.1 Å². The van der Waals surface area contributed by atoms with Crippen LogP contribution in [-0.4, -0.2) is 18.3 Å². The largest absolute Gasteiger partial charge is 0.466 e. The van der Waals surface area contributed by atoms with Crippen molar-refractivity contribution in [2.24, 2.45) is 0 Å². The smallest absolute Gasteiger partial charge is 0.311 e. The molecule has 0 aliphatic heterocycles. The van der Waals surface area contributed by atoms with Crippen LogP contribution in [0.15, 0.2) is 30.3 Å². The topological polar surface area (TPSA) is 50.2 Å². The van der Waals surface area contributed by atoms with Crippen molar-refractivity contribution in [3.63, 3.8) is 0 Å². The van der Waals surface area contributed by atoms with Gasteiger partial charge in [0.2, 0.25) is 0 Å². The number of carbonyl (C=O) groups excluding carboxylic acids is 1. The third kappa shape index (κ3) is 3.01. The van der Waals surface area contributed by atoms with E-state index < -0.39 is 0 Å². The minimum absolute atomic E-state index is 0.0395. The van der Waals surface area contributed by atoms with E-state index in [-0.39, 0.29) is 12.4 Å². The molecule has 0 saturated carbocycles. The molecule has 0 atom stereocenters. The Bertz CT molecular complexity index is 319. The van der Waals surface area contributed by atoms with Crippen LogP contribution < -0.4 is 0 Å². The Morgan fingerprint density at radius 2 is 2.00 bits per heavy atom. The van der Waals surface area contributed by atoms with Crippen molar-refractivity contribution in [2.75, 3.05) is 6.61 Å². The van der Waals surface area contributed by atoms with Crippen molar-refractivity contribution >= 4 is 11.7 Å². The fourth-order valence-electron chi connectivity index (χ4n) is 1.10. The summed E-state index contributed by atoms with van der Waals surface area (Å²) in [6.45, 7) is 2.12. The quantitative estimate of drug-likeness (QED) is 0.584. The number of carbonyl (C=O) groups is 1. The van der Waals surface area contributed by atoms with E-state index >= 15 is 0 Å². The number of rotatable bonds is 4. The molecule has 0 unspecified atom stereocenters. The summed E-state index contributed by atoms with van der Waals surface area (Å²) in [5.74, 6) is -0.346. The Morgan fingerprint density at radius 1 is 1.36 bits per heavy atom. The Morgan fingerprint density at radius 3 is 2.57 bits per heavy atom. The molecule has 0 aliphatic rings. The van der Waals surface area contributed by atoms with Gasteiger partial charge in [-0.05, 0) is 12.5 Å². The molecule has 3 nitrogen and oxygen atoms in total. The molecule has 0 aromatic heterocycles. The van der Waals surface area contributed by atoms with Gasteiger partial charge in [-0.1, -0.05) is 30.3 Å². The molecular formula is C11H13NO2. The van der Waals surface area contributed by atoms with Crippen molar-refractivity contribution in [3.8, 4) is 0 Å². The minimum atomic E-state index is -0.346. The van der Waals surface area contributed by atoms with Gasteiger partial charge >= 0.3 is 5.97 Å². The Kier molecular flexibility index (Phi) is 3.85. The molecule has 0 heterocycles. The molecule has 3 heteroatoms. The summed E-state index contributed by atoms with van der Waals surface area (Å²) in [6, 6.07) is 9.17. The van der Waals surface area contributed by atoms with Crippen LogP contribution in [0.4, 0.5) is 0 Å². The lowest BCUT2D eigenvalue weighted by Gasteiger charge is -2.03. The standard InChI is InChI=1S/C11H13NO2/c1-2-14-11(13)8-10(12)9-6-4-3-5-7-9/h3-7,12H,2,8H2,1H3. The van der Waals surface area contributed by atoms with E-state index in [1.54, 1.807) is 6.92 Å². The molecule has 14 heavy (non-hydrogen) atoms. The van der Waals surface area contributed by atoms with E-state index in [0.717, 1.165) is 5.56 Å². The number of hydrogen-bond acceptors (Lipinski definition) is 3. The predicted molar refractivity (Wildman–Crippen MR) is 54.5 cm³/mol. The molecule has 0 spiro atoms. The highest BCUT2D eigenvalue weighted by Gasteiger charge is 2.07. The summed E-state index contributed by atoms with van der Waals surface area (Å²) in [6.07, 6.45) is 0.0395. The van der Waals surface area contributed by atoms with Crippen LogP contribution in [0.2, 0.25) is 0 Å². The number of ether oxygens (including phenoxy) is 1. The van der Waals surface area contributed by atoms with E-state index in [0.29, 0.717) is 12.3 Å². The average molecular weight is 191 g/mol. The highest BCUT2D eigenvalue weighted by atomic mass is 16.5. The van der Waals surface area contributed by atoms with Gasteiger partial charge in [-0.25, -0.2) is 0 Å². The lowest BCUT2D eigenvalue weighted by molar-refractivity contribution is -0.141. The van der Waals surface area contributed by atoms with Crippen LogP contribution in [0.25, 0.3) is 0 Å². The molecule has 74 valence electrons. The summed E-state index contributed by atoms with van der Waals surface area (Å²) < 4.78 is 4.75. The van der Waals surface area contributed by atoms with Gasteiger partial charge in [-0.15, -0.1) is 0 Å². The third-order valence-electron chi connectivity index (χ3n) is 1.75. The second-order valence-electron chi connectivity index (χ2n) is 2.83. The second-order valence-corrected chi connectivity index (χ2v) is 2.83. The van der Waals surface area contributed by atoms with Gasteiger partial charge in [0.15, 0.2) is 0 Å². The van der Waals surface area contributed by atoms with Crippen molar-refractivity contribution in [2.45, 2.75) is 13.3 Å². The maximum absolute atomic E-state index is 11.1. The van der Waals surface area contributed by atoms with Gasteiger partial charge < -0.3 is 10.1 Å². The molecule has 1 N–H and O–H groups in total. The lowest BCUT2D eigenvalue weighted by atomic mass is 10.1. The highest BCUT2D eigenvalue weighted by Crippen LogP contribution is 2.03. The lowest BCUT2D eigenvalue weighted by Crippen LogP contribution is -2.11. The summed E-state index contributed by atoms with van der Waals surface area (Å²) in [7, 11) is 0. The van der Waals surface area contributed by atoms with Gasteiger partial charge in [0.1, 0.15) is 0 Å². The molecule has 0 aliphatic carbocycles. The van der Waals surface area contributed by atoms with Crippen molar-refractivity contribution in [1.82, 2.24) is 0 Å². The first-order valence-electron chi connectivity index (χ1n) is 4.52. The van der Waals surface area contributed by atoms with E-state index in [1.807, 2.05) is 30.3 Å². The van der Waals surface area contributed by atoms with Crippen LogP contribution in [-0.2, 0) is 9.53 Å². The second kappa shape index (κ2) is 5.17. The van der Waals surface area contributed by atoms with Crippen molar-refractivity contribution < 1.29 is 9.53 Å². The molecular weight excluding hydrogens is 178 g/mol. The average Bonchev–Trinajstić information content (AvgIpc) is 2.19. The first-order chi connectivity index (χ1) is 6.74. The molecule has 0 fully saturated rings. The Hall–Kier alpha value is -1.64. The first kappa shape index (κ1) is 10.4. The summed E-state index contributed by atoms with van der Waals surface area (Å²) in [5.41, 5.74) is 1.06. The van der Waals surface area contributed by atoms with Gasteiger partial charge in [-0.3, -0.25) is 4.79 Å². The molecule has 0 radical (unpaired) electrons. The zero-order chi connectivity index (χ0) is 10.4. The summed E-state index contributed by atoms with van der Waals surface area (Å²) in [5, 5.41) is 7.64. The predicted octanol–water partition coefficient (Wildman–Crippen LogP) is 2.01. The SMILES string of the molecule is CCOC(=O)CC(=N)c1ccccc1. The monoisotopic (exact) mass is 191 g/mol. The van der Waals surface area contributed by atoms with E-state index in [9.17, 15) is 4.79 Å². The van der Waals surface area contributed by atoms with Crippen LogP contribution in [0, 0.1) is 5.41 Å². The molecule has 1 aromatic rings. The minimum Gasteiger partial charge on any atom is -0.466 e. The number of benzene rings is 1. The summed E-state index contributed by atoms with van der Waals surface area (Å²) in [4.78, 5) is 11.1. The van der Waals surface area contributed by atoms with E-state index in [2.05, 4.69) is 0 Å². The maximum Gasteiger partial charge on any atom is 0.311 e. The van der Waals surface area contributed by atoms with Gasteiger partial charge in [0, 0.05) is 5.71 Å². The Labute approximate surface area is 83.2 Å². The number of esters is 1. The normalized spacial score (nSPS) is 9.50. The zero-order valence-electron chi connectivity index (χ0n) is 8.12. The Balaban J connectivity index is 2.55. The first-order valence-corrected chi connectivity index (χ1v) is 4.52. The van der Waals surface area contributed by atoms with Gasteiger partial charge in [0.05, 0.1) is 13.0 Å². The molecule has 0 bridgehead atoms. The van der Waals surface area contributed by atoms with Crippen LogP contribution >= 0.6 is 0 Å². The fraction of sp³-hybridized carbons (Fsp3) is 0.273. The molecule has 1 rings (SSSR count). The number of nitrogens with one attached hydrogen (secondary N) is 1. The zero-order valence-corrected chi connectivity index (χ0v) is 8.12. The van der Waals surface area contributed by atoms with Gasteiger partial charge in [0.25, 0.3) is 0 Å². The molecule has 0 amide bonds. The number of hydrogen-bond donors (Lipinski definition) is 1. The fourth-order valence-corrected chi connectivity index (χ4v) is 1.10. The van der Waals surface area contributed by atoms with E-state index in [1.165, 1.54) is 0 Å². The maximum atomic E-state index is 11.1. The van der Waals surface area contributed by atoms with Crippen molar-refractivity contribution in [3.05, 3.63) is 35.9 Å². The summed E-state index contributed by atoms with van der Waals surface area (Å²) >= 11 is 0. The van der Waals surface area contributed by atoms with Crippen molar-refractivity contribution in [1.29, 1.82) is 5.41 Å². The van der Waals surface area contributed by atoms with Crippen LogP contribution in [0.5, 0.6) is 0 Å². The van der Waals surface area contributed by atoms with Crippen LogP contribution in [0.1, 0.15) is 18.9 Å².